The number of allylic oxidation sites excluding steroid dienone is 4. The molecule has 0 aromatic rings. The Labute approximate surface area is 271 Å². The van der Waals surface area contributed by atoms with E-state index in [4.69, 9.17) is 18.9 Å². The number of ether oxygens (including phenoxy) is 4. The topological polar surface area (TPSA) is 152 Å². The van der Waals surface area contributed by atoms with Crippen molar-refractivity contribution in [3.63, 3.8) is 0 Å². The van der Waals surface area contributed by atoms with Gasteiger partial charge in [0.25, 0.3) is 0 Å². The molecule has 0 saturated carbocycles. The summed E-state index contributed by atoms with van der Waals surface area (Å²) in [7, 11) is 0. The largest absolute Gasteiger partial charge is 0.462 e. The van der Waals surface area contributed by atoms with Gasteiger partial charge >= 0.3 is 11.9 Å². The number of aliphatic hydroxyl groups is 4. The zero-order chi connectivity index (χ0) is 33.1. The number of unbranched alkanes of at least 4 members (excludes halogenated alkanes) is 12. The Morgan fingerprint density at radius 2 is 1.24 bits per heavy atom. The minimum absolute atomic E-state index is 0.215. The fraction of sp³-hybridized carbons (Fsp3) is 0.829. The first-order valence-corrected chi connectivity index (χ1v) is 17.4. The zero-order valence-electron chi connectivity index (χ0n) is 27.9. The summed E-state index contributed by atoms with van der Waals surface area (Å²) in [5, 5.41) is 39.7. The van der Waals surface area contributed by atoms with E-state index in [0.717, 1.165) is 70.6 Å². The van der Waals surface area contributed by atoms with Gasteiger partial charge in [-0.3, -0.25) is 9.59 Å². The molecule has 0 amide bonds. The number of hydrogen-bond donors (Lipinski definition) is 4. The normalized spacial score (nSPS) is 22.7. The van der Waals surface area contributed by atoms with Crippen molar-refractivity contribution >= 4 is 11.9 Å². The molecule has 10 nitrogen and oxygen atoms in total. The number of rotatable bonds is 27. The molecule has 1 aliphatic rings. The van der Waals surface area contributed by atoms with Crippen LogP contribution in [0.5, 0.6) is 0 Å². The summed E-state index contributed by atoms with van der Waals surface area (Å²) >= 11 is 0. The van der Waals surface area contributed by atoms with Crippen molar-refractivity contribution in [3.05, 3.63) is 24.3 Å². The second-order valence-electron chi connectivity index (χ2n) is 12.0. The van der Waals surface area contributed by atoms with E-state index in [1.165, 1.54) is 25.7 Å². The summed E-state index contributed by atoms with van der Waals surface area (Å²) in [6.45, 7) is 3.25. The molecule has 0 spiro atoms. The van der Waals surface area contributed by atoms with Gasteiger partial charge in [0.1, 0.15) is 31.0 Å². The van der Waals surface area contributed by atoms with E-state index in [9.17, 15) is 30.0 Å². The highest BCUT2D eigenvalue weighted by molar-refractivity contribution is 5.70. The Balaban J connectivity index is 2.40. The maximum atomic E-state index is 12.6. The van der Waals surface area contributed by atoms with Crippen molar-refractivity contribution in [2.45, 2.75) is 166 Å². The summed E-state index contributed by atoms with van der Waals surface area (Å²) in [4.78, 5) is 24.8. The van der Waals surface area contributed by atoms with Crippen LogP contribution in [-0.2, 0) is 28.5 Å². The van der Waals surface area contributed by atoms with Crippen LogP contribution in [0.2, 0.25) is 0 Å². The highest BCUT2D eigenvalue weighted by atomic mass is 16.7. The van der Waals surface area contributed by atoms with E-state index >= 15 is 0 Å². The first-order valence-electron chi connectivity index (χ1n) is 17.4. The van der Waals surface area contributed by atoms with Gasteiger partial charge in [-0.05, 0) is 44.9 Å². The van der Waals surface area contributed by atoms with Crippen LogP contribution in [-0.4, -0.2) is 89.0 Å². The molecular weight excluding hydrogens is 580 g/mol. The molecule has 1 heterocycles. The lowest BCUT2D eigenvalue weighted by molar-refractivity contribution is -0.305. The van der Waals surface area contributed by atoms with Gasteiger partial charge in [-0.2, -0.15) is 0 Å². The molecule has 0 radical (unpaired) electrons. The minimum Gasteiger partial charge on any atom is -0.462 e. The van der Waals surface area contributed by atoms with E-state index in [1.54, 1.807) is 0 Å². The highest BCUT2D eigenvalue weighted by Crippen LogP contribution is 2.22. The van der Waals surface area contributed by atoms with Crippen LogP contribution < -0.4 is 0 Å². The van der Waals surface area contributed by atoms with Crippen LogP contribution in [0, 0.1) is 0 Å². The number of esters is 2. The Morgan fingerprint density at radius 3 is 1.89 bits per heavy atom. The van der Waals surface area contributed by atoms with Gasteiger partial charge < -0.3 is 39.4 Å². The van der Waals surface area contributed by atoms with Crippen molar-refractivity contribution < 1.29 is 49.0 Å². The van der Waals surface area contributed by atoms with Crippen LogP contribution in [0.1, 0.15) is 129 Å². The van der Waals surface area contributed by atoms with Gasteiger partial charge in [-0.25, -0.2) is 0 Å². The molecule has 0 aliphatic carbocycles. The highest BCUT2D eigenvalue weighted by Gasteiger charge is 2.44. The summed E-state index contributed by atoms with van der Waals surface area (Å²) in [6, 6.07) is 0. The van der Waals surface area contributed by atoms with E-state index in [2.05, 4.69) is 38.2 Å². The van der Waals surface area contributed by atoms with E-state index in [0.29, 0.717) is 6.42 Å². The molecule has 1 rings (SSSR count). The van der Waals surface area contributed by atoms with Crippen molar-refractivity contribution in [3.8, 4) is 0 Å². The average Bonchev–Trinajstić information content (AvgIpc) is 3.03. The molecule has 4 N–H and O–H groups in total. The molecule has 10 heteroatoms. The number of carbonyl (C=O) groups excluding carboxylic acids is 2. The second kappa shape index (κ2) is 27.3. The van der Waals surface area contributed by atoms with Gasteiger partial charge in [-0.15, -0.1) is 0 Å². The molecule has 0 bridgehead atoms. The lowest BCUT2D eigenvalue weighted by Gasteiger charge is -2.39. The van der Waals surface area contributed by atoms with Crippen LogP contribution in [0.4, 0.5) is 0 Å². The molecule has 0 aromatic heterocycles. The predicted octanol–water partition coefficient (Wildman–Crippen LogP) is 5.43. The Morgan fingerprint density at radius 1 is 0.689 bits per heavy atom. The predicted molar refractivity (Wildman–Crippen MR) is 173 cm³/mol. The fourth-order valence-corrected chi connectivity index (χ4v) is 4.98. The van der Waals surface area contributed by atoms with Gasteiger partial charge in [-0.1, -0.05) is 95.9 Å². The first-order chi connectivity index (χ1) is 21.8. The third-order valence-electron chi connectivity index (χ3n) is 7.84. The molecule has 0 aromatic carbocycles. The molecule has 1 aliphatic heterocycles. The standard InChI is InChI=1S/C35H62O10/c1-3-5-7-9-10-11-12-13-14-15-16-17-18-20-22-24-31(38)44-28(26-42-30(37)23-21-19-8-6-4-2)27-43-35-34(41)33(40)32(39)29(25-36)45-35/h10-11,13-14,28-29,32-36,39-41H,3-9,12,15-27H2,1-2H3/b11-10-,14-13-. The molecular formula is C35H62O10. The molecule has 45 heavy (non-hydrogen) atoms. The summed E-state index contributed by atoms with van der Waals surface area (Å²) in [5.74, 6) is -0.840. The maximum Gasteiger partial charge on any atom is 0.306 e. The Bertz CT molecular complexity index is 799. The van der Waals surface area contributed by atoms with Gasteiger partial charge in [0.05, 0.1) is 13.2 Å². The molecule has 1 saturated heterocycles. The number of aliphatic hydroxyl groups excluding tert-OH is 4. The quantitative estimate of drug-likeness (QED) is 0.0518. The lowest BCUT2D eigenvalue weighted by atomic mass is 9.99. The van der Waals surface area contributed by atoms with Gasteiger partial charge in [0.2, 0.25) is 0 Å². The van der Waals surface area contributed by atoms with E-state index in [1.807, 2.05) is 0 Å². The molecule has 262 valence electrons. The second-order valence-corrected chi connectivity index (χ2v) is 12.0. The van der Waals surface area contributed by atoms with Gasteiger partial charge in [0.15, 0.2) is 12.4 Å². The average molecular weight is 643 g/mol. The third-order valence-corrected chi connectivity index (χ3v) is 7.84. The van der Waals surface area contributed by atoms with Gasteiger partial charge in [0, 0.05) is 12.8 Å². The van der Waals surface area contributed by atoms with Crippen LogP contribution in [0.25, 0.3) is 0 Å². The number of hydrogen-bond acceptors (Lipinski definition) is 10. The lowest BCUT2D eigenvalue weighted by Crippen LogP contribution is -2.59. The Kier molecular flexibility index (Phi) is 25.0. The molecule has 6 unspecified atom stereocenters. The number of carbonyl (C=O) groups is 2. The van der Waals surface area contributed by atoms with Crippen molar-refractivity contribution in [1.82, 2.24) is 0 Å². The van der Waals surface area contributed by atoms with Crippen LogP contribution >= 0.6 is 0 Å². The van der Waals surface area contributed by atoms with Crippen LogP contribution in [0.3, 0.4) is 0 Å². The molecule has 1 fully saturated rings. The van der Waals surface area contributed by atoms with E-state index < -0.39 is 55.4 Å². The van der Waals surface area contributed by atoms with Crippen molar-refractivity contribution in [2.24, 2.45) is 0 Å². The summed E-state index contributed by atoms with van der Waals surface area (Å²) in [5.41, 5.74) is 0. The fourth-order valence-electron chi connectivity index (χ4n) is 4.98. The smallest absolute Gasteiger partial charge is 0.306 e. The minimum atomic E-state index is -1.59. The molecule has 6 atom stereocenters. The SMILES string of the molecule is CCCCC/C=C\C/C=C\CCCCCCCC(=O)OC(COC(=O)CCCCCCC)COC1OC(CO)C(O)C(O)C1O. The maximum absolute atomic E-state index is 12.6. The van der Waals surface area contributed by atoms with Crippen LogP contribution in [0.15, 0.2) is 24.3 Å². The van der Waals surface area contributed by atoms with Crippen molar-refractivity contribution in [2.75, 3.05) is 19.8 Å². The summed E-state index contributed by atoms with van der Waals surface area (Å²) in [6.07, 6.45) is 18.1. The van der Waals surface area contributed by atoms with Crippen molar-refractivity contribution in [1.29, 1.82) is 0 Å². The monoisotopic (exact) mass is 642 g/mol. The Hall–Kier alpha value is -1.82. The summed E-state index contributed by atoms with van der Waals surface area (Å²) < 4.78 is 21.8. The first kappa shape index (κ1) is 41.2. The third kappa shape index (κ3) is 20.1. The zero-order valence-corrected chi connectivity index (χ0v) is 27.9. The van der Waals surface area contributed by atoms with E-state index in [-0.39, 0.29) is 26.1 Å².